The lowest BCUT2D eigenvalue weighted by molar-refractivity contribution is -0.139. The molecular formula is C33H30BrClF3N3O4S. The molecule has 0 heterocycles. The van der Waals surface area contributed by atoms with Crippen LogP contribution in [0, 0.1) is 6.92 Å². The van der Waals surface area contributed by atoms with Crippen LogP contribution in [0.3, 0.4) is 0 Å². The predicted octanol–water partition coefficient (Wildman–Crippen LogP) is 7.01. The van der Waals surface area contributed by atoms with Gasteiger partial charge in [0, 0.05) is 24.5 Å². The summed E-state index contributed by atoms with van der Waals surface area (Å²) < 4.78 is 71.1. The number of likely N-dealkylation sites (N-methyl/N-ethyl adjacent to an activating group) is 1. The molecule has 0 fully saturated rings. The van der Waals surface area contributed by atoms with Crippen LogP contribution in [-0.4, -0.2) is 44.8 Å². The Hall–Kier alpha value is -3.87. The van der Waals surface area contributed by atoms with E-state index in [9.17, 15) is 31.2 Å². The number of aryl methyl sites for hydroxylation is 1. The Kier molecular flexibility index (Phi) is 11.2. The Morgan fingerprint density at radius 1 is 0.913 bits per heavy atom. The largest absolute Gasteiger partial charge is 0.417 e. The standard InChI is InChI=1S/C33H30BrClF3N3O4S/c1-22-8-15-27(16-9-22)46(44,45)41(26-14-17-29(35)28(19-26)33(36,37)38)21-31(42)40(20-24-10-12-25(34)13-11-24)30(32(43)39-2)18-23-6-4-3-5-7-23/h3-17,19,30H,18,20-21H2,1-2H3,(H,39,43). The van der Waals surface area contributed by atoms with Gasteiger partial charge in [-0.15, -0.1) is 0 Å². The van der Waals surface area contributed by atoms with Crippen LogP contribution >= 0.6 is 27.5 Å². The highest BCUT2D eigenvalue weighted by Gasteiger charge is 2.37. The third-order valence-corrected chi connectivity index (χ3v) is 9.86. The third-order valence-electron chi connectivity index (χ3n) is 7.21. The molecule has 0 bridgehead atoms. The van der Waals surface area contributed by atoms with Crippen molar-refractivity contribution in [2.45, 2.75) is 37.0 Å². The molecule has 0 radical (unpaired) electrons. The van der Waals surface area contributed by atoms with Crippen LogP contribution < -0.4 is 9.62 Å². The third kappa shape index (κ3) is 8.48. The van der Waals surface area contributed by atoms with Gasteiger partial charge in [-0.2, -0.15) is 13.2 Å². The lowest BCUT2D eigenvalue weighted by Crippen LogP contribution is -2.53. The molecular weight excluding hydrogens is 707 g/mol. The molecule has 4 rings (SSSR count). The Balaban J connectivity index is 1.84. The summed E-state index contributed by atoms with van der Waals surface area (Å²) in [6.07, 6.45) is -4.81. The average Bonchev–Trinajstić information content (AvgIpc) is 3.02. The van der Waals surface area contributed by atoms with Crippen LogP contribution in [0.2, 0.25) is 5.02 Å². The number of benzene rings is 4. The first kappa shape index (κ1) is 35.0. The van der Waals surface area contributed by atoms with E-state index >= 15 is 0 Å². The van der Waals surface area contributed by atoms with Gasteiger partial charge in [-0.25, -0.2) is 8.42 Å². The summed E-state index contributed by atoms with van der Waals surface area (Å²) >= 11 is 9.22. The number of carbonyl (C=O) groups excluding carboxylic acids is 2. The van der Waals surface area contributed by atoms with Crippen LogP contribution in [-0.2, 0) is 38.8 Å². The van der Waals surface area contributed by atoms with Crippen molar-refractivity contribution in [3.63, 3.8) is 0 Å². The summed E-state index contributed by atoms with van der Waals surface area (Å²) in [7, 11) is -3.18. The summed E-state index contributed by atoms with van der Waals surface area (Å²) in [5.74, 6) is -1.32. The minimum absolute atomic E-state index is 0.0899. The molecule has 1 N–H and O–H groups in total. The lowest BCUT2D eigenvalue weighted by atomic mass is 10.0. The van der Waals surface area contributed by atoms with Gasteiger partial charge in [-0.1, -0.05) is 87.7 Å². The fourth-order valence-corrected chi connectivity index (χ4v) is 6.65. The maximum atomic E-state index is 14.3. The van der Waals surface area contributed by atoms with Crippen LogP contribution in [0.5, 0.6) is 0 Å². The van der Waals surface area contributed by atoms with Crippen molar-refractivity contribution < 1.29 is 31.2 Å². The zero-order valence-electron chi connectivity index (χ0n) is 24.8. The fourth-order valence-electron chi connectivity index (χ4n) is 4.76. The molecule has 13 heteroatoms. The SMILES string of the molecule is CNC(=O)C(Cc1ccccc1)N(Cc1ccc(Br)cc1)C(=O)CN(c1ccc(Cl)c(C(F)(F)F)c1)S(=O)(=O)c1ccc(C)cc1. The average molecular weight is 737 g/mol. The summed E-state index contributed by atoms with van der Waals surface area (Å²) in [4.78, 5) is 28.6. The second kappa shape index (κ2) is 14.7. The molecule has 2 amide bonds. The number of nitrogens with zero attached hydrogens (tertiary/aromatic N) is 2. The molecule has 0 aliphatic heterocycles. The molecule has 0 aliphatic carbocycles. The summed E-state index contributed by atoms with van der Waals surface area (Å²) in [5.41, 5.74) is 0.442. The Bertz CT molecular complexity index is 1790. The minimum Gasteiger partial charge on any atom is -0.357 e. The quantitative estimate of drug-likeness (QED) is 0.180. The molecule has 0 saturated carbocycles. The number of amides is 2. The number of anilines is 1. The highest BCUT2D eigenvalue weighted by Crippen LogP contribution is 2.38. The van der Waals surface area contributed by atoms with Gasteiger partial charge in [0.1, 0.15) is 12.6 Å². The Morgan fingerprint density at radius 2 is 1.54 bits per heavy atom. The van der Waals surface area contributed by atoms with Crippen LogP contribution in [0.15, 0.2) is 106 Å². The number of halogens is 5. The van der Waals surface area contributed by atoms with Gasteiger partial charge < -0.3 is 10.2 Å². The highest BCUT2D eigenvalue weighted by molar-refractivity contribution is 9.10. The van der Waals surface area contributed by atoms with Crippen LogP contribution in [0.1, 0.15) is 22.3 Å². The first-order chi connectivity index (χ1) is 21.7. The van der Waals surface area contributed by atoms with Crippen molar-refractivity contribution in [1.29, 1.82) is 0 Å². The first-order valence-electron chi connectivity index (χ1n) is 14.0. The highest BCUT2D eigenvalue weighted by atomic mass is 79.9. The van der Waals surface area contributed by atoms with Crippen LogP contribution in [0.4, 0.5) is 18.9 Å². The van der Waals surface area contributed by atoms with Crippen molar-refractivity contribution in [3.05, 3.63) is 129 Å². The van der Waals surface area contributed by atoms with E-state index in [1.54, 1.807) is 61.5 Å². The van der Waals surface area contributed by atoms with Gasteiger partial charge in [0.25, 0.3) is 10.0 Å². The monoisotopic (exact) mass is 735 g/mol. The van der Waals surface area contributed by atoms with Gasteiger partial charge in [-0.05, 0) is 60.5 Å². The van der Waals surface area contributed by atoms with Gasteiger partial charge in [0.15, 0.2) is 0 Å². The second-order valence-corrected chi connectivity index (χ2v) is 13.6. The van der Waals surface area contributed by atoms with Gasteiger partial charge in [-0.3, -0.25) is 13.9 Å². The predicted molar refractivity (Wildman–Crippen MR) is 175 cm³/mol. The zero-order chi connectivity index (χ0) is 33.6. The van der Waals surface area contributed by atoms with Crippen LogP contribution in [0.25, 0.3) is 0 Å². The maximum absolute atomic E-state index is 14.3. The smallest absolute Gasteiger partial charge is 0.357 e. The summed E-state index contributed by atoms with van der Waals surface area (Å²) in [6, 6.07) is 23.2. The molecule has 0 spiro atoms. The molecule has 7 nitrogen and oxygen atoms in total. The van der Waals surface area contributed by atoms with Gasteiger partial charge in [0.2, 0.25) is 11.8 Å². The Labute approximate surface area is 279 Å². The number of rotatable bonds is 11. The van der Waals surface area contributed by atoms with E-state index in [1.807, 2.05) is 0 Å². The van der Waals surface area contributed by atoms with Crippen molar-refractivity contribution in [2.75, 3.05) is 17.9 Å². The van der Waals surface area contributed by atoms with Crippen molar-refractivity contribution in [3.8, 4) is 0 Å². The Morgan fingerprint density at radius 3 is 2.13 bits per heavy atom. The number of alkyl halides is 3. The molecule has 4 aromatic carbocycles. The molecule has 0 aliphatic rings. The molecule has 1 atom stereocenters. The summed E-state index contributed by atoms with van der Waals surface area (Å²) in [5, 5.41) is 1.95. The molecule has 1 unspecified atom stereocenters. The van der Waals surface area contributed by atoms with Gasteiger partial charge in [0.05, 0.1) is 21.2 Å². The number of sulfonamides is 1. The van der Waals surface area contributed by atoms with Crippen molar-refractivity contribution >= 4 is 55.1 Å². The van der Waals surface area contributed by atoms with E-state index in [2.05, 4.69) is 21.2 Å². The molecule has 0 aromatic heterocycles. The summed E-state index contributed by atoms with van der Waals surface area (Å²) in [6.45, 7) is 0.746. The second-order valence-electron chi connectivity index (χ2n) is 10.5. The van der Waals surface area contributed by atoms with Crippen molar-refractivity contribution in [2.24, 2.45) is 0 Å². The topological polar surface area (TPSA) is 86.8 Å². The van der Waals surface area contributed by atoms with Gasteiger partial charge >= 0.3 is 6.18 Å². The zero-order valence-corrected chi connectivity index (χ0v) is 27.9. The van der Waals surface area contributed by atoms with E-state index in [-0.39, 0.29) is 17.9 Å². The van der Waals surface area contributed by atoms with E-state index in [1.165, 1.54) is 36.2 Å². The number of hydrogen-bond acceptors (Lipinski definition) is 4. The normalized spacial score (nSPS) is 12.3. The number of hydrogen-bond donors (Lipinski definition) is 1. The first-order valence-corrected chi connectivity index (χ1v) is 16.6. The minimum atomic E-state index is -4.90. The van der Waals surface area contributed by atoms with E-state index < -0.39 is 56.9 Å². The van der Waals surface area contributed by atoms with E-state index in [4.69, 9.17) is 11.6 Å². The van der Waals surface area contributed by atoms with Crippen molar-refractivity contribution in [1.82, 2.24) is 10.2 Å². The number of nitrogens with one attached hydrogen (secondary N) is 1. The lowest BCUT2D eigenvalue weighted by Gasteiger charge is -2.33. The van der Waals surface area contributed by atoms with E-state index in [0.29, 0.717) is 15.9 Å². The molecule has 0 saturated heterocycles. The van der Waals surface area contributed by atoms with E-state index in [0.717, 1.165) is 27.7 Å². The maximum Gasteiger partial charge on any atom is 0.417 e. The fraction of sp³-hybridized carbons (Fsp3) is 0.212. The molecule has 4 aromatic rings. The number of carbonyl (C=O) groups is 2. The molecule has 242 valence electrons. The molecule has 46 heavy (non-hydrogen) atoms.